The minimum Gasteiger partial charge on any atom is -0.481 e. The number of methoxy groups -OCH3 is 1. The number of carbonyl (C=O) groups excluding carboxylic acids is 2. The highest BCUT2D eigenvalue weighted by molar-refractivity contribution is 7.85. The molecule has 2 saturated heterocycles. The van der Waals surface area contributed by atoms with Crippen molar-refractivity contribution in [1.29, 1.82) is 0 Å². The number of halogens is 2. The summed E-state index contributed by atoms with van der Waals surface area (Å²) in [6.07, 6.45) is 2.13. The van der Waals surface area contributed by atoms with Gasteiger partial charge in [0.2, 0.25) is 0 Å². The summed E-state index contributed by atoms with van der Waals surface area (Å²) in [6.45, 7) is 2.38. The number of amides is 2. The fourth-order valence-corrected chi connectivity index (χ4v) is 7.88. The number of ether oxygens (including phenoxy) is 1. The fraction of sp³-hybridized carbons (Fsp3) is 0.270. The molecule has 3 aliphatic rings. The molecule has 18 heteroatoms. The fourth-order valence-electron chi connectivity index (χ4n) is 6.52. The normalized spacial score (nSPS) is 18.5. The van der Waals surface area contributed by atoms with Gasteiger partial charge in [0.05, 0.1) is 35.4 Å². The van der Waals surface area contributed by atoms with Crippen LogP contribution in [0, 0.1) is 5.82 Å². The molecule has 288 valence electrons. The van der Waals surface area contributed by atoms with Gasteiger partial charge >= 0.3 is 18.0 Å². The zero-order valence-corrected chi connectivity index (χ0v) is 31.7. The van der Waals surface area contributed by atoms with Crippen LogP contribution in [0.4, 0.5) is 14.9 Å². The Morgan fingerprint density at radius 1 is 1.07 bits per heavy atom. The minimum absolute atomic E-state index is 0.0466. The second-order valence-electron chi connectivity index (χ2n) is 12.7. The molecule has 0 unspecified atom stereocenters. The van der Waals surface area contributed by atoms with Crippen LogP contribution < -0.4 is 10.2 Å². The molecule has 7 rings (SSSR count). The Morgan fingerprint density at radius 2 is 1.82 bits per heavy atom. The van der Waals surface area contributed by atoms with Crippen LogP contribution >= 0.6 is 22.9 Å². The van der Waals surface area contributed by atoms with Gasteiger partial charge in [-0.05, 0) is 53.9 Å². The van der Waals surface area contributed by atoms with Crippen LogP contribution in [-0.2, 0) is 30.9 Å². The van der Waals surface area contributed by atoms with E-state index in [-0.39, 0.29) is 34.0 Å². The van der Waals surface area contributed by atoms with E-state index < -0.39 is 33.9 Å². The SMILES string of the molecule is COC(=O)C1=C(CN2CCN3C(=O)N(c4ccc(CCC(=O)O)cc4)C[C@@H]3C2)N=C(c2nccs2)N[C@H]1c1ccc(F)cc1Cl.O=S(=O)(O)c1ccccc1. The average molecular weight is 811 g/mol. The van der Waals surface area contributed by atoms with Gasteiger partial charge in [-0.1, -0.05) is 48.0 Å². The van der Waals surface area contributed by atoms with Crippen LogP contribution in [0.25, 0.3) is 0 Å². The summed E-state index contributed by atoms with van der Waals surface area (Å²) in [6, 6.07) is 17.9. The van der Waals surface area contributed by atoms with Gasteiger partial charge in [-0.3, -0.25) is 19.1 Å². The monoisotopic (exact) mass is 810 g/mol. The van der Waals surface area contributed by atoms with Gasteiger partial charge in [-0.2, -0.15) is 8.42 Å². The molecule has 4 heterocycles. The molecule has 0 radical (unpaired) electrons. The zero-order valence-electron chi connectivity index (χ0n) is 29.3. The first kappa shape index (κ1) is 39.5. The van der Waals surface area contributed by atoms with Gasteiger partial charge in [-0.25, -0.2) is 24.0 Å². The number of piperazine rings is 1. The predicted octanol–water partition coefficient (Wildman–Crippen LogP) is 5.03. The predicted molar refractivity (Wildman–Crippen MR) is 203 cm³/mol. The highest BCUT2D eigenvalue weighted by atomic mass is 35.5. The summed E-state index contributed by atoms with van der Waals surface area (Å²) in [5, 5.41) is 14.8. The molecule has 2 fully saturated rings. The molecule has 3 aromatic carbocycles. The van der Waals surface area contributed by atoms with Crippen LogP contribution in [0.2, 0.25) is 5.02 Å². The molecule has 2 amide bonds. The lowest BCUT2D eigenvalue weighted by atomic mass is 9.94. The molecule has 1 aromatic heterocycles. The number of fused-ring (bicyclic) bond motifs is 1. The Bertz CT molecular complexity index is 2220. The van der Waals surface area contributed by atoms with E-state index in [9.17, 15) is 27.2 Å². The largest absolute Gasteiger partial charge is 0.481 e. The van der Waals surface area contributed by atoms with E-state index in [0.29, 0.717) is 61.2 Å². The molecule has 3 N–H and O–H groups in total. The van der Waals surface area contributed by atoms with Crippen molar-refractivity contribution in [3.8, 4) is 0 Å². The lowest BCUT2D eigenvalue weighted by molar-refractivity contribution is -0.137. The summed E-state index contributed by atoms with van der Waals surface area (Å²) in [7, 11) is -2.70. The number of aliphatic imine (C=N–C) groups is 1. The molecule has 4 aromatic rings. The first-order chi connectivity index (χ1) is 26.3. The number of benzene rings is 3. The zero-order chi connectivity index (χ0) is 39.3. The van der Waals surface area contributed by atoms with Crippen molar-refractivity contribution in [2.24, 2.45) is 4.99 Å². The Labute approximate surface area is 325 Å². The number of rotatable bonds is 10. The third kappa shape index (κ3) is 9.37. The maximum atomic E-state index is 14.0. The quantitative estimate of drug-likeness (QED) is 0.144. The lowest BCUT2D eigenvalue weighted by Gasteiger charge is -2.37. The summed E-state index contributed by atoms with van der Waals surface area (Å²) >= 11 is 7.87. The molecular formula is C37H36ClFN6O8S2. The number of thiazole rings is 1. The van der Waals surface area contributed by atoms with Gasteiger partial charge in [-0.15, -0.1) is 11.3 Å². The van der Waals surface area contributed by atoms with Crippen molar-refractivity contribution in [2.75, 3.05) is 44.7 Å². The molecule has 0 spiro atoms. The smallest absolute Gasteiger partial charge is 0.338 e. The van der Waals surface area contributed by atoms with Gasteiger partial charge in [0.1, 0.15) is 5.82 Å². The standard InChI is InChI=1S/C31H30ClFN6O5S.C6H6O3S/c1-44-30(42)26-24(35-28(29-34-10-13-45-29)36-27(26)22-8-5-19(33)14-23(22)32)17-37-11-12-38-21(15-37)16-39(31(38)43)20-6-2-18(3-7-20)4-9-25(40)41;7-10(8,9)6-4-2-1-3-5-6/h2-3,5-8,10,13-14,21,27H,4,9,11-12,15-17H2,1H3,(H,35,36)(H,40,41);1-5H,(H,7,8,9)/t21-,27-;/m0./s1. The van der Waals surface area contributed by atoms with Gasteiger partial charge in [0, 0.05) is 61.4 Å². The van der Waals surface area contributed by atoms with Crippen molar-refractivity contribution >= 4 is 62.5 Å². The molecular weight excluding hydrogens is 775 g/mol. The number of amidine groups is 1. The minimum atomic E-state index is -4.00. The summed E-state index contributed by atoms with van der Waals surface area (Å²) < 4.78 is 48.4. The molecule has 14 nitrogen and oxygen atoms in total. The number of hydrogen-bond donors (Lipinski definition) is 3. The van der Waals surface area contributed by atoms with E-state index >= 15 is 0 Å². The average Bonchev–Trinajstić information content (AvgIpc) is 3.82. The number of nitrogens with zero attached hydrogens (tertiary/aromatic N) is 5. The number of hydrogen-bond acceptors (Lipinski definition) is 11. The Hall–Kier alpha value is -5.20. The highest BCUT2D eigenvalue weighted by Gasteiger charge is 2.42. The van der Waals surface area contributed by atoms with Crippen LogP contribution in [0.3, 0.4) is 0 Å². The number of esters is 1. The van der Waals surface area contributed by atoms with Crippen molar-refractivity contribution in [2.45, 2.75) is 29.8 Å². The number of anilines is 1. The maximum absolute atomic E-state index is 14.0. The van der Waals surface area contributed by atoms with Crippen LogP contribution in [-0.4, -0.2) is 103 Å². The van der Waals surface area contributed by atoms with E-state index in [4.69, 9.17) is 31.0 Å². The molecule has 0 saturated carbocycles. The molecule has 2 atom stereocenters. The third-order valence-electron chi connectivity index (χ3n) is 9.17. The number of aryl methyl sites for hydroxylation is 1. The first-order valence-corrected chi connectivity index (χ1v) is 19.7. The summed E-state index contributed by atoms with van der Waals surface area (Å²) in [5.74, 6) is -1.47. The summed E-state index contributed by atoms with van der Waals surface area (Å²) in [5.41, 5.74) is 2.89. The molecule has 55 heavy (non-hydrogen) atoms. The second-order valence-corrected chi connectivity index (χ2v) is 15.4. The topological polar surface area (TPSA) is 182 Å². The van der Waals surface area contributed by atoms with E-state index in [0.717, 1.165) is 11.3 Å². The third-order valence-corrected chi connectivity index (χ3v) is 11.1. The Balaban J connectivity index is 0.000000448. The van der Waals surface area contributed by atoms with E-state index in [1.165, 1.54) is 48.8 Å². The molecule has 0 bridgehead atoms. The lowest BCUT2D eigenvalue weighted by Crippen LogP contribution is -2.52. The molecule has 0 aliphatic carbocycles. The number of aliphatic carboxylic acids is 1. The van der Waals surface area contributed by atoms with Crippen molar-refractivity contribution in [3.05, 3.63) is 123 Å². The first-order valence-electron chi connectivity index (χ1n) is 17.0. The van der Waals surface area contributed by atoms with Crippen LogP contribution in [0.1, 0.15) is 28.6 Å². The van der Waals surface area contributed by atoms with Gasteiger partial charge in [0.25, 0.3) is 10.1 Å². The van der Waals surface area contributed by atoms with E-state index in [1.807, 2.05) is 34.5 Å². The van der Waals surface area contributed by atoms with Crippen LogP contribution in [0.15, 0.2) is 106 Å². The van der Waals surface area contributed by atoms with E-state index in [2.05, 4.69) is 15.2 Å². The van der Waals surface area contributed by atoms with Crippen molar-refractivity contribution in [3.63, 3.8) is 0 Å². The Kier molecular flexibility index (Phi) is 12.3. The van der Waals surface area contributed by atoms with Gasteiger partial charge in [0.15, 0.2) is 10.8 Å². The van der Waals surface area contributed by atoms with Crippen molar-refractivity contribution < 1.29 is 41.6 Å². The van der Waals surface area contributed by atoms with Gasteiger partial charge < -0.3 is 20.1 Å². The second kappa shape index (κ2) is 17.1. The number of carbonyl (C=O) groups is 3. The van der Waals surface area contributed by atoms with Crippen molar-refractivity contribution in [1.82, 2.24) is 20.1 Å². The summed E-state index contributed by atoms with van der Waals surface area (Å²) in [4.78, 5) is 52.4. The van der Waals surface area contributed by atoms with Crippen LogP contribution in [0.5, 0.6) is 0 Å². The van der Waals surface area contributed by atoms with E-state index in [1.54, 1.807) is 29.3 Å². The number of urea groups is 1. The number of carboxylic acids is 1. The highest BCUT2D eigenvalue weighted by Crippen LogP contribution is 2.36. The number of carboxylic acid groups (broad SMARTS) is 1. The number of nitrogens with one attached hydrogen (secondary N) is 1. The molecule has 3 aliphatic heterocycles. The Morgan fingerprint density at radius 3 is 2.44 bits per heavy atom. The number of aromatic nitrogens is 1. The maximum Gasteiger partial charge on any atom is 0.338 e.